The molecule has 0 aliphatic rings. The Hall–Kier alpha value is -1.66. The molecule has 6 heteroatoms. The van der Waals surface area contributed by atoms with E-state index in [4.69, 9.17) is 4.74 Å². The molecule has 0 saturated heterocycles. The molecule has 0 aliphatic carbocycles. The van der Waals surface area contributed by atoms with Crippen molar-refractivity contribution >= 4 is 16.9 Å². The Kier molecular flexibility index (Phi) is 3.55. The van der Waals surface area contributed by atoms with E-state index in [1.165, 1.54) is 0 Å². The summed E-state index contributed by atoms with van der Waals surface area (Å²) < 4.78 is 6.93. The highest BCUT2D eigenvalue weighted by molar-refractivity contribution is 5.85. The Morgan fingerprint density at radius 3 is 3.06 bits per heavy atom. The number of nitrogens with one attached hydrogen (secondary N) is 1. The third-order valence-electron chi connectivity index (χ3n) is 2.57. The van der Waals surface area contributed by atoms with Gasteiger partial charge in [0.25, 0.3) is 0 Å². The minimum atomic E-state index is -0.180. The topological polar surface area (TPSA) is 72.2 Å². The van der Waals surface area contributed by atoms with Crippen molar-refractivity contribution in [3.63, 3.8) is 0 Å². The quantitative estimate of drug-likeness (QED) is 0.785. The first-order valence-electron chi connectivity index (χ1n) is 5.38. The summed E-state index contributed by atoms with van der Waals surface area (Å²) in [4.78, 5) is 8.52. The Balaban J connectivity index is 2.29. The number of aliphatic hydroxyl groups is 1. The lowest BCUT2D eigenvalue weighted by molar-refractivity contribution is 0.153. The molecule has 6 nitrogen and oxygen atoms in total. The largest absolute Gasteiger partial charge is 0.394 e. The van der Waals surface area contributed by atoms with Gasteiger partial charge in [-0.15, -0.1) is 0 Å². The highest BCUT2D eigenvalue weighted by Gasteiger charge is 2.11. The molecule has 0 saturated carbocycles. The summed E-state index contributed by atoms with van der Waals surface area (Å²) in [5, 5.41) is 12.3. The number of aromatic nitrogens is 3. The van der Waals surface area contributed by atoms with Crippen molar-refractivity contribution in [1.82, 2.24) is 14.5 Å². The van der Waals surface area contributed by atoms with Crippen molar-refractivity contribution in [2.45, 2.75) is 6.04 Å². The molecule has 0 bridgehead atoms. The van der Waals surface area contributed by atoms with E-state index in [1.54, 1.807) is 19.6 Å². The van der Waals surface area contributed by atoms with Crippen molar-refractivity contribution < 1.29 is 9.84 Å². The Morgan fingerprint density at radius 1 is 1.53 bits per heavy atom. The molecule has 1 unspecified atom stereocenters. The molecule has 2 N–H and O–H groups in total. The van der Waals surface area contributed by atoms with Crippen LogP contribution >= 0.6 is 0 Å². The molecule has 0 aliphatic heterocycles. The standard InChI is InChI=1S/C11H16N4O2/c1-15-7-13-10-9(15)3-4-12-11(10)14-8(5-16)6-17-2/h3-4,7-8,16H,5-6H2,1-2H3,(H,12,14). The zero-order valence-corrected chi connectivity index (χ0v) is 9.92. The number of nitrogens with zero attached hydrogens (tertiary/aromatic N) is 3. The van der Waals surface area contributed by atoms with Gasteiger partial charge in [-0.3, -0.25) is 0 Å². The number of pyridine rings is 1. The van der Waals surface area contributed by atoms with Gasteiger partial charge in [0.15, 0.2) is 5.82 Å². The summed E-state index contributed by atoms with van der Waals surface area (Å²) in [5.74, 6) is 0.666. The highest BCUT2D eigenvalue weighted by atomic mass is 16.5. The number of ether oxygens (including phenoxy) is 1. The lowest BCUT2D eigenvalue weighted by atomic mass is 10.3. The van der Waals surface area contributed by atoms with Crippen LogP contribution in [0.3, 0.4) is 0 Å². The van der Waals surface area contributed by atoms with E-state index in [1.807, 2.05) is 17.7 Å². The van der Waals surface area contributed by atoms with Gasteiger partial charge >= 0.3 is 0 Å². The van der Waals surface area contributed by atoms with Crippen LogP contribution in [0.4, 0.5) is 5.82 Å². The van der Waals surface area contributed by atoms with Gasteiger partial charge in [0.05, 0.1) is 31.1 Å². The van der Waals surface area contributed by atoms with Gasteiger partial charge in [-0.05, 0) is 6.07 Å². The van der Waals surface area contributed by atoms with Crippen LogP contribution < -0.4 is 5.32 Å². The lowest BCUT2D eigenvalue weighted by Gasteiger charge is -2.15. The molecular formula is C11H16N4O2. The van der Waals surface area contributed by atoms with E-state index in [2.05, 4.69) is 15.3 Å². The maximum Gasteiger partial charge on any atom is 0.154 e. The zero-order valence-electron chi connectivity index (χ0n) is 9.92. The first kappa shape index (κ1) is 11.8. The van der Waals surface area contributed by atoms with Crippen molar-refractivity contribution in [2.75, 3.05) is 25.6 Å². The van der Waals surface area contributed by atoms with Crippen molar-refractivity contribution in [2.24, 2.45) is 7.05 Å². The van der Waals surface area contributed by atoms with Gasteiger partial charge in [0.2, 0.25) is 0 Å². The molecule has 92 valence electrons. The van der Waals surface area contributed by atoms with E-state index in [0.717, 1.165) is 11.0 Å². The molecule has 2 rings (SSSR count). The number of anilines is 1. The molecular weight excluding hydrogens is 220 g/mol. The predicted octanol–water partition coefficient (Wildman–Crippen LogP) is 0.387. The predicted molar refractivity (Wildman–Crippen MR) is 64.9 cm³/mol. The Labute approximate surface area is 99.3 Å². The number of hydrogen-bond donors (Lipinski definition) is 2. The molecule has 0 aromatic carbocycles. The fourth-order valence-electron chi connectivity index (χ4n) is 1.70. The maximum absolute atomic E-state index is 9.20. The third kappa shape index (κ3) is 2.37. The number of aliphatic hydroxyl groups excluding tert-OH is 1. The fourth-order valence-corrected chi connectivity index (χ4v) is 1.70. The molecule has 0 radical (unpaired) electrons. The average molecular weight is 236 g/mol. The van der Waals surface area contributed by atoms with Gasteiger partial charge in [0.1, 0.15) is 5.52 Å². The van der Waals surface area contributed by atoms with E-state index < -0.39 is 0 Å². The number of hydrogen-bond acceptors (Lipinski definition) is 5. The minimum absolute atomic E-state index is 0.0151. The zero-order chi connectivity index (χ0) is 12.3. The Morgan fingerprint density at radius 2 is 2.35 bits per heavy atom. The van der Waals surface area contributed by atoms with Crippen LogP contribution in [0.15, 0.2) is 18.6 Å². The van der Waals surface area contributed by atoms with Crippen LogP contribution in [0.1, 0.15) is 0 Å². The fraction of sp³-hybridized carbons (Fsp3) is 0.455. The second-order valence-corrected chi connectivity index (χ2v) is 3.86. The van der Waals surface area contributed by atoms with Crippen LogP contribution in [0.2, 0.25) is 0 Å². The van der Waals surface area contributed by atoms with E-state index in [9.17, 15) is 5.11 Å². The van der Waals surface area contributed by atoms with E-state index >= 15 is 0 Å². The van der Waals surface area contributed by atoms with Crippen LogP contribution in [0.25, 0.3) is 11.0 Å². The molecule has 0 spiro atoms. The molecule has 2 aromatic heterocycles. The highest BCUT2D eigenvalue weighted by Crippen LogP contribution is 2.19. The van der Waals surface area contributed by atoms with Crippen molar-refractivity contribution in [3.8, 4) is 0 Å². The summed E-state index contributed by atoms with van der Waals surface area (Å²) in [6.07, 6.45) is 3.45. The normalized spacial score (nSPS) is 12.9. The monoisotopic (exact) mass is 236 g/mol. The molecule has 2 heterocycles. The van der Waals surface area contributed by atoms with E-state index in [0.29, 0.717) is 12.4 Å². The van der Waals surface area contributed by atoms with Crippen LogP contribution in [-0.2, 0) is 11.8 Å². The molecule has 0 fully saturated rings. The SMILES string of the molecule is COCC(CO)Nc1nccc2c1ncn2C. The number of aryl methyl sites for hydroxylation is 1. The van der Waals surface area contributed by atoms with Gasteiger partial charge < -0.3 is 19.7 Å². The number of imidazole rings is 1. The second-order valence-electron chi connectivity index (χ2n) is 3.86. The van der Waals surface area contributed by atoms with Gasteiger partial charge in [-0.2, -0.15) is 0 Å². The van der Waals surface area contributed by atoms with Crippen molar-refractivity contribution in [1.29, 1.82) is 0 Å². The summed E-state index contributed by atoms with van der Waals surface area (Å²) in [6.45, 7) is 0.403. The first-order valence-corrected chi connectivity index (χ1v) is 5.38. The maximum atomic E-state index is 9.20. The summed E-state index contributed by atoms with van der Waals surface area (Å²) in [6, 6.07) is 1.72. The second kappa shape index (κ2) is 5.11. The van der Waals surface area contributed by atoms with Gasteiger partial charge in [-0.25, -0.2) is 9.97 Å². The van der Waals surface area contributed by atoms with Crippen molar-refractivity contribution in [3.05, 3.63) is 18.6 Å². The number of methoxy groups -OCH3 is 1. The molecule has 1 atom stereocenters. The molecule has 0 amide bonds. The Bertz CT molecular complexity index is 497. The molecule has 17 heavy (non-hydrogen) atoms. The smallest absolute Gasteiger partial charge is 0.154 e. The number of fused-ring (bicyclic) bond motifs is 1. The van der Waals surface area contributed by atoms with Crippen LogP contribution in [0.5, 0.6) is 0 Å². The summed E-state index contributed by atoms with van der Waals surface area (Å²) in [7, 11) is 3.52. The lowest BCUT2D eigenvalue weighted by Crippen LogP contribution is -2.29. The average Bonchev–Trinajstić information content (AvgIpc) is 2.72. The number of rotatable bonds is 5. The van der Waals surface area contributed by atoms with Gasteiger partial charge in [-0.1, -0.05) is 0 Å². The first-order chi connectivity index (χ1) is 8.26. The molecule has 2 aromatic rings. The van der Waals surface area contributed by atoms with Crippen LogP contribution in [0, 0.1) is 0 Å². The van der Waals surface area contributed by atoms with E-state index in [-0.39, 0.29) is 12.6 Å². The summed E-state index contributed by atoms with van der Waals surface area (Å²) >= 11 is 0. The van der Waals surface area contributed by atoms with Gasteiger partial charge in [0, 0.05) is 20.4 Å². The van der Waals surface area contributed by atoms with Crippen LogP contribution in [-0.4, -0.2) is 46.0 Å². The summed E-state index contributed by atoms with van der Waals surface area (Å²) in [5.41, 5.74) is 1.79. The third-order valence-corrected chi connectivity index (χ3v) is 2.57. The minimum Gasteiger partial charge on any atom is -0.394 e.